The molecule has 1 unspecified atom stereocenters. The Bertz CT molecular complexity index is 475. The van der Waals surface area contributed by atoms with E-state index in [1.54, 1.807) is 11.9 Å². The molecule has 1 aliphatic carbocycles. The van der Waals surface area contributed by atoms with Gasteiger partial charge < -0.3 is 15.3 Å². The van der Waals surface area contributed by atoms with Crippen molar-refractivity contribution in [3.63, 3.8) is 0 Å². The molecule has 0 radical (unpaired) electrons. The third-order valence-electron chi connectivity index (χ3n) is 4.40. The van der Waals surface area contributed by atoms with Crippen LogP contribution in [0.15, 0.2) is 35.2 Å². The maximum absolute atomic E-state index is 12.2. The van der Waals surface area contributed by atoms with Crippen molar-refractivity contribution in [3.05, 3.63) is 30.3 Å². The Kier molecular flexibility index (Phi) is 6.15. The molecule has 0 saturated heterocycles. The molecule has 4 nitrogen and oxygen atoms in total. The molecular formula is C17H26N2O2S. The summed E-state index contributed by atoms with van der Waals surface area (Å²) in [5, 5.41) is 12.2. The third kappa shape index (κ3) is 4.40. The molecule has 0 bridgehead atoms. The van der Waals surface area contributed by atoms with E-state index in [2.05, 4.69) is 29.6 Å². The van der Waals surface area contributed by atoms with E-state index in [-0.39, 0.29) is 23.4 Å². The van der Waals surface area contributed by atoms with Crippen LogP contribution < -0.4 is 5.32 Å². The molecule has 0 heterocycles. The number of hydrogen-bond acceptors (Lipinski definition) is 3. The molecule has 2 amide bonds. The van der Waals surface area contributed by atoms with Crippen LogP contribution in [0, 0.1) is 0 Å². The number of carbonyl (C=O) groups is 1. The van der Waals surface area contributed by atoms with Crippen molar-refractivity contribution in [3.8, 4) is 0 Å². The maximum Gasteiger partial charge on any atom is 0.317 e. The zero-order chi connectivity index (χ0) is 16.0. The number of amides is 2. The lowest BCUT2D eigenvalue weighted by molar-refractivity contribution is 0.157. The second-order valence-corrected chi connectivity index (χ2v) is 7.65. The fourth-order valence-electron chi connectivity index (χ4n) is 2.76. The first-order valence-electron chi connectivity index (χ1n) is 7.92. The molecule has 1 aliphatic rings. The van der Waals surface area contributed by atoms with Gasteiger partial charge in [-0.3, -0.25) is 0 Å². The lowest BCUT2D eigenvalue weighted by Crippen LogP contribution is -2.47. The van der Waals surface area contributed by atoms with Crippen LogP contribution in [0.3, 0.4) is 0 Å². The molecule has 0 aromatic heterocycles. The van der Waals surface area contributed by atoms with Crippen molar-refractivity contribution in [2.45, 2.75) is 48.3 Å². The molecule has 1 fully saturated rings. The Hall–Kier alpha value is -1.20. The van der Waals surface area contributed by atoms with Crippen molar-refractivity contribution in [2.75, 3.05) is 20.2 Å². The minimum absolute atomic E-state index is 0.0200. The van der Waals surface area contributed by atoms with Gasteiger partial charge in [0.25, 0.3) is 0 Å². The Balaban J connectivity index is 1.96. The molecule has 2 rings (SSSR count). The number of urea groups is 1. The zero-order valence-electron chi connectivity index (χ0n) is 13.4. The predicted octanol–water partition coefficient (Wildman–Crippen LogP) is 3.11. The first-order valence-corrected chi connectivity index (χ1v) is 8.73. The quantitative estimate of drug-likeness (QED) is 0.846. The fourth-order valence-corrected chi connectivity index (χ4v) is 4.19. The van der Waals surface area contributed by atoms with Gasteiger partial charge in [-0.25, -0.2) is 4.79 Å². The van der Waals surface area contributed by atoms with Crippen LogP contribution in [0.4, 0.5) is 4.79 Å². The van der Waals surface area contributed by atoms with Gasteiger partial charge >= 0.3 is 6.03 Å². The standard InChI is InChI=1S/C17H26N2O2S/c1-14(12-20)19(2)16(21)18-13-17(10-6-7-11-17)22-15-8-4-3-5-9-15/h3-5,8-9,14,20H,6-7,10-13H2,1-2H3,(H,18,21). The number of nitrogens with zero attached hydrogens (tertiary/aromatic N) is 1. The number of nitrogens with one attached hydrogen (secondary N) is 1. The second-order valence-electron chi connectivity index (χ2n) is 6.11. The summed E-state index contributed by atoms with van der Waals surface area (Å²) in [6, 6.07) is 10.1. The SMILES string of the molecule is CC(CO)N(C)C(=O)NCC1(Sc2ccccc2)CCCC1. The van der Waals surface area contributed by atoms with E-state index < -0.39 is 0 Å². The first kappa shape index (κ1) is 17.2. The average Bonchev–Trinajstić information content (AvgIpc) is 3.01. The lowest BCUT2D eigenvalue weighted by atomic mass is 10.1. The van der Waals surface area contributed by atoms with Crippen LogP contribution in [-0.4, -0.2) is 47.0 Å². The summed E-state index contributed by atoms with van der Waals surface area (Å²) in [5.74, 6) is 0. The first-order chi connectivity index (χ1) is 10.6. The van der Waals surface area contributed by atoms with Gasteiger partial charge in [0.15, 0.2) is 0 Å². The Morgan fingerprint density at radius 1 is 1.36 bits per heavy atom. The highest BCUT2D eigenvalue weighted by atomic mass is 32.2. The van der Waals surface area contributed by atoms with Crippen LogP contribution in [0.1, 0.15) is 32.6 Å². The number of carbonyl (C=O) groups excluding carboxylic acids is 1. The number of hydrogen-bond donors (Lipinski definition) is 2. The number of aliphatic hydroxyl groups is 1. The minimum atomic E-state index is -0.165. The van der Waals surface area contributed by atoms with Crippen molar-refractivity contribution in [1.82, 2.24) is 10.2 Å². The molecule has 1 aromatic carbocycles. The smallest absolute Gasteiger partial charge is 0.317 e. The van der Waals surface area contributed by atoms with Crippen molar-refractivity contribution in [2.24, 2.45) is 0 Å². The van der Waals surface area contributed by atoms with E-state index in [0.717, 1.165) is 12.8 Å². The average molecular weight is 322 g/mol. The summed E-state index contributed by atoms with van der Waals surface area (Å²) >= 11 is 1.88. The largest absolute Gasteiger partial charge is 0.394 e. The normalized spacial score (nSPS) is 18.0. The van der Waals surface area contributed by atoms with E-state index in [1.807, 2.05) is 24.8 Å². The second kappa shape index (κ2) is 7.88. The van der Waals surface area contributed by atoms with Gasteiger partial charge in [0.05, 0.1) is 12.6 Å². The topological polar surface area (TPSA) is 52.6 Å². The maximum atomic E-state index is 12.2. The summed E-state index contributed by atoms with van der Waals surface area (Å²) in [6.07, 6.45) is 4.70. The van der Waals surface area contributed by atoms with Crippen LogP contribution in [0.5, 0.6) is 0 Å². The lowest BCUT2D eigenvalue weighted by Gasteiger charge is -2.31. The Labute approximate surface area is 137 Å². The molecule has 22 heavy (non-hydrogen) atoms. The number of aliphatic hydroxyl groups excluding tert-OH is 1. The molecule has 2 N–H and O–H groups in total. The van der Waals surface area contributed by atoms with E-state index in [9.17, 15) is 4.79 Å². The number of rotatable bonds is 6. The molecule has 1 aromatic rings. The monoisotopic (exact) mass is 322 g/mol. The minimum Gasteiger partial charge on any atom is -0.394 e. The molecule has 0 aliphatic heterocycles. The van der Waals surface area contributed by atoms with Gasteiger partial charge in [-0.1, -0.05) is 31.0 Å². The molecule has 1 atom stereocenters. The Morgan fingerprint density at radius 2 is 2.00 bits per heavy atom. The Morgan fingerprint density at radius 3 is 2.59 bits per heavy atom. The van der Waals surface area contributed by atoms with Crippen molar-refractivity contribution < 1.29 is 9.90 Å². The van der Waals surface area contributed by atoms with Gasteiger partial charge in [0, 0.05) is 23.2 Å². The number of likely N-dealkylation sites (N-methyl/N-ethyl adjacent to an activating group) is 1. The van der Waals surface area contributed by atoms with Crippen molar-refractivity contribution >= 4 is 17.8 Å². The van der Waals surface area contributed by atoms with Crippen molar-refractivity contribution in [1.29, 1.82) is 0 Å². The molecule has 122 valence electrons. The van der Waals surface area contributed by atoms with Gasteiger partial charge in [-0.15, -0.1) is 11.8 Å². The summed E-state index contributed by atoms with van der Waals surface area (Å²) in [5.41, 5.74) is 0. The molecule has 0 spiro atoms. The highest BCUT2D eigenvalue weighted by Gasteiger charge is 2.35. The molecule has 1 saturated carbocycles. The van der Waals surface area contributed by atoms with Crippen LogP contribution in [0.2, 0.25) is 0 Å². The van der Waals surface area contributed by atoms with Gasteiger partial charge in [-0.2, -0.15) is 0 Å². The molecule has 5 heteroatoms. The summed E-state index contributed by atoms with van der Waals surface area (Å²) in [4.78, 5) is 15.0. The van der Waals surface area contributed by atoms with E-state index in [4.69, 9.17) is 5.11 Å². The summed E-state index contributed by atoms with van der Waals surface area (Å²) in [7, 11) is 1.72. The van der Waals surface area contributed by atoms with E-state index in [0.29, 0.717) is 6.54 Å². The van der Waals surface area contributed by atoms with Gasteiger partial charge in [0.1, 0.15) is 0 Å². The van der Waals surface area contributed by atoms with Gasteiger partial charge in [0.2, 0.25) is 0 Å². The fraction of sp³-hybridized carbons (Fsp3) is 0.588. The van der Waals surface area contributed by atoms with Crippen LogP contribution in [0.25, 0.3) is 0 Å². The van der Waals surface area contributed by atoms with Gasteiger partial charge in [-0.05, 0) is 31.9 Å². The van der Waals surface area contributed by atoms with Crippen LogP contribution in [-0.2, 0) is 0 Å². The number of benzene rings is 1. The highest BCUT2D eigenvalue weighted by Crippen LogP contribution is 2.44. The number of thioether (sulfide) groups is 1. The van der Waals surface area contributed by atoms with Crippen LogP contribution >= 0.6 is 11.8 Å². The molecular weight excluding hydrogens is 296 g/mol. The zero-order valence-corrected chi connectivity index (χ0v) is 14.2. The summed E-state index contributed by atoms with van der Waals surface area (Å²) in [6.45, 7) is 2.49. The predicted molar refractivity (Wildman–Crippen MR) is 91.2 cm³/mol. The van der Waals surface area contributed by atoms with E-state index in [1.165, 1.54) is 17.7 Å². The third-order valence-corrected chi connectivity index (χ3v) is 5.89. The van der Waals surface area contributed by atoms with E-state index >= 15 is 0 Å². The summed E-state index contributed by atoms with van der Waals surface area (Å²) < 4.78 is 0.0975. The highest BCUT2D eigenvalue weighted by molar-refractivity contribution is 8.00.